The van der Waals surface area contributed by atoms with Crippen LogP contribution in [-0.4, -0.2) is 49.7 Å². The summed E-state index contributed by atoms with van der Waals surface area (Å²) in [5, 5.41) is 0. The Hall–Kier alpha value is -1.79. The number of anilines is 1. The molecule has 34 heavy (non-hydrogen) atoms. The van der Waals surface area contributed by atoms with E-state index in [1.54, 1.807) is 0 Å². The fourth-order valence-electron chi connectivity index (χ4n) is 5.25. The van der Waals surface area contributed by atoms with Gasteiger partial charge in [0.25, 0.3) is 0 Å². The van der Waals surface area contributed by atoms with Crippen molar-refractivity contribution in [2.75, 3.05) is 31.2 Å². The van der Waals surface area contributed by atoms with Crippen molar-refractivity contribution in [3.05, 3.63) is 29.7 Å². The van der Waals surface area contributed by atoms with E-state index in [-0.39, 0.29) is 5.48 Å². The average molecular weight is 500 g/mol. The molecule has 2 fully saturated rings. The van der Waals surface area contributed by atoms with Crippen LogP contribution in [0.15, 0.2) is 18.2 Å². The number of aromatic nitrogens is 2. The molecule has 3 aliphatic rings. The fraction of sp³-hybridized carbons (Fsp3) is 0.739. The molecule has 3 aliphatic heterocycles. The minimum atomic E-state index is -4.82. The highest BCUT2D eigenvalue weighted by atomic mass is 32.3. The number of nitrogens with zero attached hydrogens (tertiary/aromatic N) is 3. The number of ether oxygens (including phenoxy) is 2. The van der Waals surface area contributed by atoms with Crippen molar-refractivity contribution in [2.45, 2.75) is 82.8 Å². The molecule has 4 heterocycles. The summed E-state index contributed by atoms with van der Waals surface area (Å²) in [6.45, 7) is 6.70. The minimum Gasteiger partial charge on any atom is -0.870 e. The van der Waals surface area contributed by atoms with Crippen LogP contribution in [0.25, 0.3) is 0 Å². The molecule has 2 atom stereocenters. The van der Waals surface area contributed by atoms with Crippen LogP contribution in [0.2, 0.25) is 0 Å². The molecular weight excluding hydrogens is 462 g/mol. The van der Waals surface area contributed by atoms with Crippen LogP contribution in [0.4, 0.5) is 5.82 Å². The molecule has 10 nitrogen and oxygen atoms in total. The summed E-state index contributed by atoms with van der Waals surface area (Å²) in [5.41, 5.74) is -1.01. The molecule has 0 aliphatic carbocycles. The third-order valence-corrected chi connectivity index (χ3v) is 7.51. The van der Waals surface area contributed by atoms with Gasteiger partial charge in [0.2, 0.25) is 5.82 Å². The molecule has 2 N–H and O–H groups in total. The maximum Gasteiger partial charge on any atom is 0.482 e. The Balaban J connectivity index is 0.00000324. The number of hydrogen-bond donors (Lipinski definition) is 1. The molecule has 0 amide bonds. The SMILES string of the molecule is CCC1(c2cc(N3CC=CCC3)nc(C3(CC)CCCCO3)[n+]2OS(=O)(=O)O)CCCCO1.[OH-]. The first-order valence-electron chi connectivity index (χ1n) is 12.2. The average Bonchev–Trinajstić information content (AvgIpc) is 2.84. The van der Waals surface area contributed by atoms with Gasteiger partial charge in [-0.2, -0.15) is 12.7 Å². The van der Waals surface area contributed by atoms with Crippen molar-refractivity contribution >= 4 is 16.2 Å². The van der Waals surface area contributed by atoms with Crippen molar-refractivity contribution < 1.29 is 36.9 Å². The molecule has 0 spiro atoms. The summed E-state index contributed by atoms with van der Waals surface area (Å²) in [5.74, 6) is 1.11. The Morgan fingerprint density at radius 3 is 2.24 bits per heavy atom. The third kappa shape index (κ3) is 5.38. The van der Waals surface area contributed by atoms with Crippen molar-refractivity contribution in [1.82, 2.24) is 4.98 Å². The lowest BCUT2D eigenvalue weighted by Gasteiger charge is -2.37. The van der Waals surface area contributed by atoms with Crippen LogP contribution in [0, 0.1) is 0 Å². The van der Waals surface area contributed by atoms with E-state index in [0.717, 1.165) is 57.4 Å². The smallest absolute Gasteiger partial charge is 0.482 e. The first-order valence-corrected chi connectivity index (χ1v) is 13.5. The molecule has 11 heteroatoms. The van der Waals surface area contributed by atoms with E-state index in [1.807, 2.05) is 19.9 Å². The standard InChI is InChI=1S/C23H35N3O6S.H2O/c1-3-22(12-6-10-16-30-22)19-18-20(25-14-8-5-9-15-25)24-21(26(19)32-33(27,28)29)23(4-2)13-7-11-17-31-23;/h5,8,18H,3-4,6-7,9-17H2,1-2H3;1H2. The van der Waals surface area contributed by atoms with E-state index in [9.17, 15) is 13.0 Å². The van der Waals surface area contributed by atoms with Crippen LogP contribution in [-0.2, 0) is 31.1 Å². The van der Waals surface area contributed by atoms with E-state index in [4.69, 9.17) is 18.7 Å². The zero-order valence-electron chi connectivity index (χ0n) is 20.1. The molecule has 2 unspecified atom stereocenters. The lowest BCUT2D eigenvalue weighted by Crippen LogP contribution is -2.61. The van der Waals surface area contributed by atoms with Gasteiger partial charge >= 0.3 is 16.2 Å². The molecule has 1 aromatic rings. The van der Waals surface area contributed by atoms with Gasteiger partial charge in [-0.25, -0.2) is 0 Å². The first kappa shape index (κ1) is 26.8. The third-order valence-electron chi connectivity index (χ3n) is 7.17. The van der Waals surface area contributed by atoms with Crippen LogP contribution in [0.1, 0.15) is 83.2 Å². The minimum absolute atomic E-state index is 0. The Morgan fingerprint density at radius 2 is 1.74 bits per heavy atom. The second-order valence-corrected chi connectivity index (χ2v) is 10.1. The number of hydrogen-bond acceptors (Lipinski definition) is 8. The van der Waals surface area contributed by atoms with Crippen LogP contribution < -0.4 is 13.9 Å². The summed E-state index contributed by atoms with van der Waals surface area (Å²) in [6.07, 6.45) is 11.6. The zero-order chi connectivity index (χ0) is 23.5. The lowest BCUT2D eigenvalue weighted by molar-refractivity contribution is -0.878. The van der Waals surface area contributed by atoms with Crippen molar-refractivity contribution in [2.24, 2.45) is 0 Å². The highest BCUT2D eigenvalue weighted by Crippen LogP contribution is 2.41. The zero-order valence-corrected chi connectivity index (χ0v) is 20.9. The molecule has 4 rings (SSSR count). The van der Waals surface area contributed by atoms with Gasteiger partial charge < -0.3 is 19.8 Å². The highest BCUT2D eigenvalue weighted by molar-refractivity contribution is 7.80. The molecule has 0 saturated carbocycles. The van der Waals surface area contributed by atoms with Crippen LogP contribution >= 0.6 is 0 Å². The van der Waals surface area contributed by atoms with Crippen molar-refractivity contribution in [1.29, 1.82) is 0 Å². The molecule has 0 radical (unpaired) electrons. The van der Waals surface area contributed by atoms with E-state index >= 15 is 0 Å². The molecule has 0 bridgehead atoms. The Morgan fingerprint density at radius 1 is 1.09 bits per heavy atom. The van der Waals surface area contributed by atoms with E-state index < -0.39 is 21.6 Å². The summed E-state index contributed by atoms with van der Waals surface area (Å²) in [6, 6.07) is 1.87. The Bertz CT molecular complexity index is 924. The fourth-order valence-corrected chi connectivity index (χ4v) is 5.58. The maximum absolute atomic E-state index is 12.0. The first-order chi connectivity index (χ1) is 15.8. The van der Waals surface area contributed by atoms with Crippen LogP contribution in [0.5, 0.6) is 0 Å². The Labute approximate surface area is 202 Å². The Kier molecular flexibility index (Phi) is 8.56. The molecule has 192 valence electrons. The second kappa shape index (κ2) is 10.9. The number of rotatable bonds is 7. The van der Waals surface area contributed by atoms with Gasteiger partial charge in [-0.15, -0.1) is 0 Å². The van der Waals surface area contributed by atoms with Gasteiger partial charge in [0.1, 0.15) is 5.60 Å². The predicted octanol–water partition coefficient (Wildman–Crippen LogP) is 2.80. The van der Waals surface area contributed by atoms with Crippen molar-refractivity contribution in [3.8, 4) is 0 Å². The topological polar surface area (TPSA) is 132 Å². The van der Waals surface area contributed by atoms with Gasteiger partial charge in [0, 0.05) is 26.3 Å². The van der Waals surface area contributed by atoms with Gasteiger partial charge in [-0.3, -0.25) is 4.55 Å². The summed E-state index contributed by atoms with van der Waals surface area (Å²) < 4.78 is 52.9. The van der Waals surface area contributed by atoms with Crippen molar-refractivity contribution in [3.63, 3.8) is 0 Å². The van der Waals surface area contributed by atoms with E-state index in [2.05, 4.69) is 17.1 Å². The summed E-state index contributed by atoms with van der Waals surface area (Å²) in [4.78, 5) is 7.11. The highest BCUT2D eigenvalue weighted by Gasteiger charge is 2.51. The predicted molar refractivity (Wildman–Crippen MR) is 124 cm³/mol. The van der Waals surface area contributed by atoms with Gasteiger partial charge in [0.05, 0.1) is 6.07 Å². The molecule has 1 aromatic heterocycles. The quantitative estimate of drug-likeness (QED) is 0.342. The van der Waals surface area contributed by atoms with Gasteiger partial charge in [0.15, 0.2) is 11.3 Å². The summed E-state index contributed by atoms with van der Waals surface area (Å²) >= 11 is 0. The van der Waals surface area contributed by atoms with E-state index in [0.29, 0.717) is 44.0 Å². The van der Waals surface area contributed by atoms with Gasteiger partial charge in [-0.05, 0) is 67.5 Å². The normalized spacial score (nSPS) is 27.8. The second-order valence-electron chi connectivity index (χ2n) is 9.13. The van der Waals surface area contributed by atoms with Gasteiger partial charge in [-0.1, -0.05) is 26.0 Å². The molecule has 2 saturated heterocycles. The molecular formula is C23H37N3O7S. The van der Waals surface area contributed by atoms with Crippen LogP contribution in [0.3, 0.4) is 0 Å². The maximum atomic E-state index is 12.0. The monoisotopic (exact) mass is 499 g/mol. The largest absolute Gasteiger partial charge is 0.870 e. The molecule has 0 aromatic carbocycles. The summed E-state index contributed by atoms with van der Waals surface area (Å²) in [7, 11) is -4.82. The van der Waals surface area contributed by atoms with E-state index in [1.165, 1.54) is 4.73 Å². The lowest BCUT2D eigenvalue weighted by atomic mass is 9.86.